The van der Waals surface area contributed by atoms with E-state index in [4.69, 9.17) is 19.9 Å². The van der Waals surface area contributed by atoms with Gasteiger partial charge in [0.25, 0.3) is 5.56 Å². The molecule has 0 saturated carbocycles. The monoisotopic (exact) mass is 479 g/mol. The van der Waals surface area contributed by atoms with Gasteiger partial charge in [0.2, 0.25) is 0 Å². The van der Waals surface area contributed by atoms with Crippen molar-refractivity contribution in [1.82, 2.24) is 19.9 Å². The first-order valence-corrected chi connectivity index (χ1v) is 11.0. The Balaban J connectivity index is 1.48. The molecule has 0 unspecified atom stereocenters. The van der Waals surface area contributed by atoms with Crippen molar-refractivity contribution in [3.05, 3.63) is 63.2 Å². The van der Waals surface area contributed by atoms with Gasteiger partial charge in [0.05, 0.1) is 12.2 Å². The lowest BCUT2D eigenvalue weighted by atomic mass is 10.1. The van der Waals surface area contributed by atoms with E-state index in [2.05, 4.69) is 15.3 Å². The second-order valence-electron chi connectivity index (χ2n) is 8.31. The number of hydrogen-bond donors (Lipinski definition) is 6. The van der Waals surface area contributed by atoms with Gasteiger partial charge < -0.3 is 40.6 Å². The van der Waals surface area contributed by atoms with E-state index in [1.165, 1.54) is 6.20 Å². The third-order valence-corrected chi connectivity index (χ3v) is 5.91. The molecule has 8 atom stereocenters. The van der Waals surface area contributed by atoms with Gasteiger partial charge in [-0.3, -0.25) is 19.3 Å². The average Bonchev–Trinajstić information content (AvgIpc) is 3.33. The van der Waals surface area contributed by atoms with Crippen LogP contribution in [0.3, 0.4) is 0 Å². The molecule has 0 radical (unpaired) electrons. The van der Waals surface area contributed by atoms with E-state index >= 15 is 0 Å². The average molecular weight is 479 g/mol. The van der Waals surface area contributed by atoms with Gasteiger partial charge in [-0.05, 0) is 11.6 Å². The molecule has 4 rings (SSSR count). The van der Waals surface area contributed by atoms with Crippen molar-refractivity contribution < 1.29 is 29.5 Å². The van der Waals surface area contributed by atoms with Crippen molar-refractivity contribution in [2.24, 2.45) is 5.73 Å². The minimum Gasteiger partial charge on any atom is -0.388 e. The fourth-order valence-electron chi connectivity index (χ4n) is 4.12. The van der Waals surface area contributed by atoms with Crippen molar-refractivity contribution in [3.8, 4) is 0 Å². The lowest BCUT2D eigenvalue weighted by Crippen LogP contribution is -2.44. The predicted octanol–water partition coefficient (Wildman–Crippen LogP) is -2.84. The zero-order valence-electron chi connectivity index (χ0n) is 18.3. The largest absolute Gasteiger partial charge is 0.388 e. The maximum absolute atomic E-state index is 12.2. The van der Waals surface area contributed by atoms with Crippen LogP contribution >= 0.6 is 0 Å². The molecule has 186 valence electrons. The number of nitrogens with zero attached hydrogens (tertiary/aromatic N) is 2. The molecule has 2 aromatic heterocycles. The lowest BCUT2D eigenvalue weighted by Gasteiger charge is -2.28. The Labute approximate surface area is 194 Å². The fraction of sp³-hybridized carbons (Fsp3) is 0.571. The molecule has 0 aliphatic carbocycles. The van der Waals surface area contributed by atoms with Crippen molar-refractivity contribution in [1.29, 1.82) is 0 Å². The summed E-state index contributed by atoms with van der Waals surface area (Å²) in [6.07, 6.45) is -3.28. The molecular formula is C21H29N5O8. The standard InChI is InChI=1S/C21H29N5O8/c22-7-14-17(29)18(30)20(33-14)34-15(10-24-9-11-2-1-4-23-8-11)13-6-12(27)19(32-13)26-5-3-16(28)25-21(26)31/h1-5,8,12-15,17-20,24,27,29-30H,6-7,9-10,22H2,(H,25,28,31)/t12-,13+,14-,15+,17-,18-,19-,20+/m1/s1. The molecule has 2 aliphatic rings. The Morgan fingerprint density at radius 1 is 1.26 bits per heavy atom. The Morgan fingerprint density at radius 2 is 2.09 bits per heavy atom. The van der Waals surface area contributed by atoms with E-state index in [9.17, 15) is 24.9 Å². The van der Waals surface area contributed by atoms with E-state index < -0.39 is 60.4 Å². The van der Waals surface area contributed by atoms with Crippen LogP contribution in [0.25, 0.3) is 0 Å². The zero-order valence-corrected chi connectivity index (χ0v) is 18.3. The Kier molecular flexibility index (Phi) is 7.85. The summed E-state index contributed by atoms with van der Waals surface area (Å²) >= 11 is 0. The van der Waals surface area contributed by atoms with E-state index in [1.807, 2.05) is 12.1 Å². The number of hydrogen-bond acceptors (Lipinski definition) is 11. The number of aliphatic hydroxyl groups is 3. The number of aromatic amines is 1. The van der Waals surface area contributed by atoms with Gasteiger partial charge >= 0.3 is 5.69 Å². The van der Waals surface area contributed by atoms with Crippen LogP contribution in [0.1, 0.15) is 18.2 Å². The molecule has 13 nitrogen and oxygen atoms in total. The molecule has 0 bridgehead atoms. The zero-order chi connectivity index (χ0) is 24.2. The second-order valence-corrected chi connectivity index (χ2v) is 8.31. The van der Waals surface area contributed by atoms with Crippen LogP contribution in [-0.4, -0.2) is 85.9 Å². The number of H-pyrrole nitrogens is 1. The molecular weight excluding hydrogens is 450 g/mol. The highest BCUT2D eigenvalue weighted by molar-refractivity contribution is 5.08. The van der Waals surface area contributed by atoms with Crippen molar-refractivity contribution in [2.45, 2.75) is 62.1 Å². The molecule has 0 spiro atoms. The number of nitrogens with one attached hydrogen (secondary N) is 2. The third-order valence-electron chi connectivity index (χ3n) is 5.91. The molecule has 0 amide bonds. The summed E-state index contributed by atoms with van der Waals surface area (Å²) in [5, 5.41) is 34.3. The van der Waals surface area contributed by atoms with Crippen molar-refractivity contribution in [3.63, 3.8) is 0 Å². The number of rotatable bonds is 9. The van der Waals surface area contributed by atoms with E-state index in [-0.39, 0.29) is 19.5 Å². The minimum atomic E-state index is -1.32. The van der Waals surface area contributed by atoms with Gasteiger partial charge in [-0.15, -0.1) is 0 Å². The van der Waals surface area contributed by atoms with E-state index in [1.54, 1.807) is 12.4 Å². The maximum Gasteiger partial charge on any atom is 0.330 e. The fourth-order valence-corrected chi connectivity index (χ4v) is 4.12. The maximum atomic E-state index is 12.2. The molecule has 2 saturated heterocycles. The number of pyridine rings is 1. The molecule has 34 heavy (non-hydrogen) atoms. The molecule has 7 N–H and O–H groups in total. The molecule has 2 fully saturated rings. The number of nitrogens with two attached hydrogens (primary N) is 1. The molecule has 2 aromatic rings. The topological polar surface area (TPSA) is 194 Å². The first-order chi connectivity index (χ1) is 16.4. The minimum absolute atomic E-state index is 0.00213. The summed E-state index contributed by atoms with van der Waals surface area (Å²) in [5.41, 5.74) is 5.24. The van der Waals surface area contributed by atoms with E-state index in [0.717, 1.165) is 16.2 Å². The van der Waals surface area contributed by atoms with Gasteiger partial charge in [-0.25, -0.2) is 4.79 Å². The van der Waals surface area contributed by atoms with Crippen LogP contribution in [0.4, 0.5) is 0 Å². The van der Waals surface area contributed by atoms with Gasteiger partial charge in [0.1, 0.15) is 24.4 Å². The molecule has 4 heterocycles. The van der Waals surface area contributed by atoms with Crippen molar-refractivity contribution >= 4 is 0 Å². The van der Waals surface area contributed by atoms with Crippen LogP contribution in [0.2, 0.25) is 0 Å². The van der Waals surface area contributed by atoms with Crippen LogP contribution < -0.4 is 22.3 Å². The Hall–Kier alpha value is -2.49. The summed E-state index contributed by atoms with van der Waals surface area (Å²) in [5.74, 6) is 0. The predicted molar refractivity (Wildman–Crippen MR) is 116 cm³/mol. The summed E-state index contributed by atoms with van der Waals surface area (Å²) in [7, 11) is 0. The molecule has 0 aromatic carbocycles. The van der Waals surface area contributed by atoms with Gasteiger partial charge in [0.15, 0.2) is 12.5 Å². The van der Waals surface area contributed by atoms with Gasteiger partial charge in [0, 0.05) is 50.7 Å². The highest BCUT2D eigenvalue weighted by atomic mass is 16.7. The molecule has 2 aliphatic heterocycles. The normalized spacial score (nSPS) is 32.2. The van der Waals surface area contributed by atoms with Crippen LogP contribution in [0.5, 0.6) is 0 Å². The van der Waals surface area contributed by atoms with Crippen LogP contribution in [0.15, 0.2) is 46.4 Å². The number of aliphatic hydroxyl groups excluding tert-OH is 3. The van der Waals surface area contributed by atoms with Gasteiger partial charge in [-0.1, -0.05) is 6.07 Å². The lowest BCUT2D eigenvalue weighted by molar-refractivity contribution is -0.213. The van der Waals surface area contributed by atoms with E-state index in [0.29, 0.717) is 6.54 Å². The Morgan fingerprint density at radius 3 is 2.76 bits per heavy atom. The number of ether oxygens (including phenoxy) is 3. The second kappa shape index (κ2) is 10.8. The first kappa shape index (κ1) is 24.6. The van der Waals surface area contributed by atoms with Crippen LogP contribution in [-0.2, 0) is 20.8 Å². The summed E-state index contributed by atoms with van der Waals surface area (Å²) in [6, 6.07) is 4.87. The number of aromatic nitrogens is 3. The van der Waals surface area contributed by atoms with Gasteiger partial charge in [-0.2, -0.15) is 0 Å². The summed E-state index contributed by atoms with van der Waals surface area (Å²) < 4.78 is 18.6. The summed E-state index contributed by atoms with van der Waals surface area (Å²) in [4.78, 5) is 29.8. The highest BCUT2D eigenvalue weighted by Crippen LogP contribution is 2.32. The first-order valence-electron chi connectivity index (χ1n) is 11.0. The molecule has 13 heteroatoms. The van der Waals surface area contributed by atoms with Crippen molar-refractivity contribution in [2.75, 3.05) is 13.1 Å². The SMILES string of the molecule is NC[C@H]1O[C@@H](O[C@@H](CNCc2cccnc2)[C@@H]2C[C@@H](O)[C@H](n3ccc(=O)[nH]c3=O)O2)[C@H](O)[C@@H]1O. The summed E-state index contributed by atoms with van der Waals surface area (Å²) in [6.45, 7) is 0.696. The quantitative estimate of drug-likeness (QED) is 0.217. The third kappa shape index (κ3) is 5.42. The highest BCUT2D eigenvalue weighted by Gasteiger charge is 2.46. The van der Waals surface area contributed by atoms with Crippen LogP contribution in [0, 0.1) is 0 Å². The Bertz CT molecular complexity index is 1050. The smallest absolute Gasteiger partial charge is 0.330 e.